The standard InChI is InChI=1S/C18H16ClN3S/c1-2-3-9-23-22-18-10-14(19)7-8-16(18)15-6-4-5-13(11-20)17(15)12-21/h4-8,10,22H,2-3,9H2,1H3. The fourth-order valence-electron chi connectivity index (χ4n) is 2.17. The number of nitrogens with one attached hydrogen (secondary N) is 1. The molecular formula is C18H16ClN3S. The minimum atomic E-state index is 0.379. The van der Waals surface area contributed by atoms with Crippen LogP contribution >= 0.6 is 23.5 Å². The summed E-state index contributed by atoms with van der Waals surface area (Å²) in [5.41, 5.74) is 3.22. The van der Waals surface area contributed by atoms with Crippen LogP contribution in [0.5, 0.6) is 0 Å². The third-order valence-corrected chi connectivity index (χ3v) is 4.44. The summed E-state index contributed by atoms with van der Waals surface area (Å²) in [6, 6.07) is 15.0. The van der Waals surface area contributed by atoms with Gasteiger partial charge >= 0.3 is 0 Å². The van der Waals surface area contributed by atoms with E-state index in [9.17, 15) is 10.5 Å². The van der Waals surface area contributed by atoms with Crippen molar-refractivity contribution in [3.8, 4) is 23.3 Å². The zero-order valence-corrected chi connectivity index (χ0v) is 14.3. The van der Waals surface area contributed by atoms with Crippen LogP contribution in [0, 0.1) is 22.7 Å². The zero-order valence-electron chi connectivity index (χ0n) is 12.8. The fraction of sp³-hybridized carbons (Fsp3) is 0.222. The quantitative estimate of drug-likeness (QED) is 0.548. The summed E-state index contributed by atoms with van der Waals surface area (Å²) in [4.78, 5) is 0. The molecule has 0 aliphatic carbocycles. The minimum absolute atomic E-state index is 0.379. The maximum Gasteiger partial charge on any atom is 0.101 e. The molecule has 1 N–H and O–H groups in total. The van der Waals surface area contributed by atoms with Crippen molar-refractivity contribution in [1.82, 2.24) is 0 Å². The van der Waals surface area contributed by atoms with Crippen LogP contribution in [0.3, 0.4) is 0 Å². The van der Waals surface area contributed by atoms with Gasteiger partial charge in [-0.1, -0.05) is 55.1 Å². The van der Waals surface area contributed by atoms with Gasteiger partial charge in [0.2, 0.25) is 0 Å². The van der Waals surface area contributed by atoms with E-state index in [-0.39, 0.29) is 0 Å². The van der Waals surface area contributed by atoms with Crippen molar-refractivity contribution < 1.29 is 0 Å². The summed E-state index contributed by atoms with van der Waals surface area (Å²) in [5.74, 6) is 0.992. The van der Waals surface area contributed by atoms with Crippen LogP contribution in [0.4, 0.5) is 5.69 Å². The molecule has 0 bridgehead atoms. The highest BCUT2D eigenvalue weighted by atomic mass is 35.5. The predicted molar refractivity (Wildman–Crippen MR) is 97.3 cm³/mol. The lowest BCUT2D eigenvalue weighted by Gasteiger charge is -2.13. The van der Waals surface area contributed by atoms with Crippen LogP contribution in [-0.4, -0.2) is 5.75 Å². The molecule has 0 aromatic heterocycles. The zero-order chi connectivity index (χ0) is 16.7. The first-order chi connectivity index (χ1) is 11.2. The average Bonchev–Trinajstić information content (AvgIpc) is 2.58. The predicted octanol–water partition coefficient (Wildman–Crippen LogP) is 5.61. The maximum atomic E-state index is 9.43. The molecule has 0 fully saturated rings. The largest absolute Gasteiger partial charge is 0.329 e. The molecule has 0 unspecified atom stereocenters. The molecule has 2 aromatic rings. The number of halogens is 1. The number of nitrogens with zero attached hydrogens (tertiary/aromatic N) is 2. The topological polar surface area (TPSA) is 59.6 Å². The van der Waals surface area contributed by atoms with Gasteiger partial charge in [0.05, 0.1) is 16.8 Å². The molecule has 0 amide bonds. The van der Waals surface area contributed by atoms with Crippen LogP contribution in [0.25, 0.3) is 11.1 Å². The van der Waals surface area contributed by atoms with E-state index in [2.05, 4.69) is 23.8 Å². The van der Waals surface area contributed by atoms with Gasteiger partial charge in [0, 0.05) is 21.9 Å². The van der Waals surface area contributed by atoms with Crippen molar-refractivity contribution in [3.05, 3.63) is 52.5 Å². The van der Waals surface area contributed by atoms with Gasteiger partial charge in [-0.25, -0.2) is 0 Å². The molecule has 3 nitrogen and oxygen atoms in total. The second-order valence-electron chi connectivity index (χ2n) is 4.95. The number of benzene rings is 2. The van der Waals surface area contributed by atoms with Crippen LogP contribution in [0.15, 0.2) is 36.4 Å². The van der Waals surface area contributed by atoms with Crippen LogP contribution in [0.2, 0.25) is 5.02 Å². The lowest BCUT2D eigenvalue weighted by Crippen LogP contribution is -1.95. The van der Waals surface area contributed by atoms with E-state index < -0.39 is 0 Å². The lowest BCUT2D eigenvalue weighted by atomic mass is 9.95. The summed E-state index contributed by atoms with van der Waals surface area (Å²) in [6.45, 7) is 2.15. The summed E-state index contributed by atoms with van der Waals surface area (Å²) in [6.07, 6.45) is 2.26. The fourth-order valence-corrected chi connectivity index (χ4v) is 3.20. The van der Waals surface area contributed by atoms with Gasteiger partial charge in [-0.15, -0.1) is 0 Å². The van der Waals surface area contributed by atoms with Gasteiger partial charge in [0.15, 0.2) is 0 Å². The molecule has 0 heterocycles. The van der Waals surface area contributed by atoms with E-state index >= 15 is 0 Å². The first-order valence-corrected chi connectivity index (χ1v) is 8.68. The molecule has 0 spiro atoms. The van der Waals surface area contributed by atoms with Crippen LogP contribution < -0.4 is 4.72 Å². The Morgan fingerprint density at radius 1 is 1.13 bits per heavy atom. The Hall–Kier alpha value is -2.14. The minimum Gasteiger partial charge on any atom is -0.329 e. The third kappa shape index (κ3) is 4.20. The molecule has 23 heavy (non-hydrogen) atoms. The Morgan fingerprint density at radius 2 is 1.96 bits per heavy atom. The van der Waals surface area contributed by atoms with Gasteiger partial charge in [0.1, 0.15) is 12.1 Å². The molecule has 2 rings (SSSR count). The number of hydrogen-bond donors (Lipinski definition) is 1. The number of nitriles is 2. The highest BCUT2D eigenvalue weighted by molar-refractivity contribution is 8.00. The summed E-state index contributed by atoms with van der Waals surface area (Å²) < 4.78 is 3.32. The van der Waals surface area contributed by atoms with E-state index in [0.717, 1.165) is 35.4 Å². The van der Waals surface area contributed by atoms with Crippen molar-refractivity contribution in [3.63, 3.8) is 0 Å². The Labute approximate surface area is 146 Å². The SMILES string of the molecule is CCCCSNc1cc(Cl)ccc1-c1cccc(C#N)c1C#N. The Morgan fingerprint density at radius 3 is 2.65 bits per heavy atom. The molecule has 0 aliphatic heterocycles. The van der Waals surface area contributed by atoms with Gasteiger partial charge in [-0.05, 0) is 24.6 Å². The molecule has 0 aliphatic rings. The first-order valence-electron chi connectivity index (χ1n) is 7.32. The van der Waals surface area contributed by atoms with Crippen molar-refractivity contribution in [2.45, 2.75) is 19.8 Å². The molecule has 0 radical (unpaired) electrons. The van der Waals surface area contributed by atoms with E-state index in [1.807, 2.05) is 18.2 Å². The normalized spacial score (nSPS) is 9.91. The van der Waals surface area contributed by atoms with E-state index in [0.29, 0.717) is 16.1 Å². The molecule has 0 atom stereocenters. The molecule has 116 valence electrons. The summed E-state index contributed by atoms with van der Waals surface area (Å²) in [5, 5.41) is 19.3. The number of unbranched alkanes of at least 4 members (excludes halogenated alkanes) is 1. The highest BCUT2D eigenvalue weighted by Gasteiger charge is 2.13. The second-order valence-corrected chi connectivity index (χ2v) is 6.28. The van der Waals surface area contributed by atoms with Gasteiger partial charge in [0.25, 0.3) is 0 Å². The number of anilines is 1. The summed E-state index contributed by atoms with van der Waals surface area (Å²) >= 11 is 7.73. The highest BCUT2D eigenvalue weighted by Crippen LogP contribution is 2.35. The van der Waals surface area contributed by atoms with Crippen LogP contribution in [-0.2, 0) is 0 Å². The van der Waals surface area contributed by atoms with Gasteiger partial charge in [-0.2, -0.15) is 10.5 Å². The van der Waals surface area contributed by atoms with Crippen molar-refractivity contribution >= 4 is 29.2 Å². The molecular weight excluding hydrogens is 326 g/mol. The van der Waals surface area contributed by atoms with E-state index in [4.69, 9.17) is 11.6 Å². The monoisotopic (exact) mass is 341 g/mol. The Bertz CT molecular complexity index is 775. The van der Waals surface area contributed by atoms with Crippen molar-refractivity contribution in [2.24, 2.45) is 0 Å². The average molecular weight is 342 g/mol. The van der Waals surface area contributed by atoms with Crippen molar-refractivity contribution in [2.75, 3.05) is 10.5 Å². The van der Waals surface area contributed by atoms with Crippen LogP contribution in [0.1, 0.15) is 30.9 Å². The number of hydrogen-bond acceptors (Lipinski definition) is 4. The molecule has 2 aromatic carbocycles. The lowest BCUT2D eigenvalue weighted by molar-refractivity contribution is 0.897. The van der Waals surface area contributed by atoms with E-state index in [1.165, 1.54) is 0 Å². The van der Waals surface area contributed by atoms with Gasteiger partial charge in [-0.3, -0.25) is 0 Å². The number of rotatable bonds is 6. The second kappa shape index (κ2) is 8.48. The molecule has 5 heteroatoms. The molecule has 0 saturated heterocycles. The Kier molecular flexibility index (Phi) is 6.35. The molecule has 0 saturated carbocycles. The summed E-state index contributed by atoms with van der Waals surface area (Å²) in [7, 11) is 0. The third-order valence-electron chi connectivity index (χ3n) is 3.35. The maximum absolute atomic E-state index is 9.43. The van der Waals surface area contributed by atoms with Crippen molar-refractivity contribution in [1.29, 1.82) is 10.5 Å². The first kappa shape index (κ1) is 17.2. The van der Waals surface area contributed by atoms with E-state index in [1.54, 1.807) is 30.1 Å². The van der Waals surface area contributed by atoms with Gasteiger partial charge < -0.3 is 4.72 Å². The Balaban J connectivity index is 2.44. The smallest absolute Gasteiger partial charge is 0.101 e.